The molecule has 2 N–H and O–H groups in total. The molecular weight excluding hydrogens is 750 g/mol. The fourth-order valence-electron chi connectivity index (χ4n) is 8.77. The molecule has 1 saturated carbocycles. The number of nitrogens with zero attached hydrogens (tertiary/aromatic N) is 6. The molecule has 1 aliphatic carbocycles. The van der Waals surface area contributed by atoms with Crippen molar-refractivity contribution in [2.75, 3.05) is 51.7 Å². The van der Waals surface area contributed by atoms with Crippen LogP contribution in [0.25, 0.3) is 21.8 Å². The lowest BCUT2D eigenvalue weighted by molar-refractivity contribution is -0.140. The summed E-state index contributed by atoms with van der Waals surface area (Å²) in [5, 5.41) is 16.8. The first-order valence-electron chi connectivity index (χ1n) is 20.9. The highest BCUT2D eigenvalue weighted by molar-refractivity contribution is 6.35. The SMILES string of the molecule is CN(C)C1CCN(c2ccc3c(=O)n(CC4(O)CCN(C(=O)[C@H](CCCNC(=O)c5ccc6c(Cl)cc(C7CC7)nc6c5)Cc5ccccc5)CC4)cnc3c2)CC1. The van der Waals surface area contributed by atoms with Gasteiger partial charge in [-0.25, -0.2) is 4.98 Å². The minimum Gasteiger partial charge on any atom is -0.388 e. The van der Waals surface area contributed by atoms with E-state index in [4.69, 9.17) is 16.6 Å². The molecule has 11 nitrogen and oxygen atoms in total. The number of rotatable bonds is 13. The fraction of sp³-hybridized carbons (Fsp3) is 0.457. The molecule has 1 atom stereocenters. The first-order chi connectivity index (χ1) is 28.0. The van der Waals surface area contributed by atoms with Crippen LogP contribution in [0.2, 0.25) is 5.02 Å². The minimum absolute atomic E-state index is 0.0486. The van der Waals surface area contributed by atoms with Crippen molar-refractivity contribution in [1.82, 2.24) is 29.7 Å². The molecule has 0 radical (unpaired) electrons. The van der Waals surface area contributed by atoms with Crippen molar-refractivity contribution in [2.24, 2.45) is 5.92 Å². The maximum atomic E-state index is 14.1. The number of halogens is 1. The summed E-state index contributed by atoms with van der Waals surface area (Å²) < 4.78 is 1.52. The predicted octanol–water partition coefficient (Wildman–Crippen LogP) is 6.43. The fourth-order valence-corrected chi connectivity index (χ4v) is 9.04. The number of pyridine rings is 1. The van der Waals surface area contributed by atoms with Gasteiger partial charge < -0.3 is 25.1 Å². The van der Waals surface area contributed by atoms with Crippen LogP contribution in [0.4, 0.5) is 5.69 Å². The summed E-state index contributed by atoms with van der Waals surface area (Å²) in [6.45, 7) is 3.26. The maximum Gasteiger partial charge on any atom is 0.261 e. The van der Waals surface area contributed by atoms with Crippen LogP contribution in [0, 0.1) is 5.92 Å². The van der Waals surface area contributed by atoms with Crippen LogP contribution in [0.1, 0.15) is 78.9 Å². The highest BCUT2D eigenvalue weighted by atomic mass is 35.5. The van der Waals surface area contributed by atoms with Crippen molar-refractivity contribution in [2.45, 2.75) is 81.9 Å². The van der Waals surface area contributed by atoms with Gasteiger partial charge in [-0.1, -0.05) is 48.0 Å². The van der Waals surface area contributed by atoms with Gasteiger partial charge in [0.1, 0.15) is 0 Å². The molecule has 0 bridgehead atoms. The normalized spacial score (nSPS) is 17.9. The van der Waals surface area contributed by atoms with Crippen LogP contribution in [0.5, 0.6) is 0 Å². The zero-order valence-corrected chi connectivity index (χ0v) is 34.3. The minimum atomic E-state index is -1.14. The summed E-state index contributed by atoms with van der Waals surface area (Å²) in [6.07, 6.45) is 8.50. The average Bonchev–Trinajstić information content (AvgIpc) is 4.09. The Labute approximate surface area is 345 Å². The second-order valence-corrected chi connectivity index (χ2v) is 17.3. The van der Waals surface area contributed by atoms with Gasteiger partial charge in [-0.3, -0.25) is 23.9 Å². The number of carbonyl (C=O) groups excluding carboxylic acids is 2. The van der Waals surface area contributed by atoms with E-state index in [0.717, 1.165) is 66.6 Å². The molecule has 0 spiro atoms. The van der Waals surface area contributed by atoms with Crippen LogP contribution >= 0.6 is 11.6 Å². The van der Waals surface area contributed by atoms with Crippen LogP contribution in [-0.4, -0.2) is 99.7 Å². The molecule has 4 heterocycles. The number of hydrogen-bond donors (Lipinski definition) is 2. The Morgan fingerprint density at radius 2 is 1.67 bits per heavy atom. The van der Waals surface area contributed by atoms with E-state index in [1.54, 1.807) is 18.5 Å². The van der Waals surface area contributed by atoms with E-state index in [2.05, 4.69) is 34.2 Å². The second-order valence-electron chi connectivity index (χ2n) is 16.9. The number of aromatic nitrogens is 3. The summed E-state index contributed by atoms with van der Waals surface area (Å²) in [4.78, 5) is 56.9. The Balaban J connectivity index is 0.868. The topological polar surface area (TPSA) is 124 Å². The molecule has 3 fully saturated rings. The van der Waals surface area contributed by atoms with Crippen molar-refractivity contribution in [3.05, 3.63) is 111 Å². The number of hydrogen-bond acceptors (Lipinski definition) is 8. The van der Waals surface area contributed by atoms with Gasteiger partial charge in [0, 0.05) is 72.9 Å². The van der Waals surface area contributed by atoms with Gasteiger partial charge >= 0.3 is 0 Å². The molecule has 3 aromatic carbocycles. The van der Waals surface area contributed by atoms with Crippen LogP contribution < -0.4 is 15.8 Å². The smallest absolute Gasteiger partial charge is 0.261 e. The highest BCUT2D eigenvalue weighted by Crippen LogP contribution is 2.41. The number of nitrogens with one attached hydrogen (secondary N) is 1. The predicted molar refractivity (Wildman–Crippen MR) is 230 cm³/mol. The monoisotopic (exact) mass is 803 g/mol. The quantitative estimate of drug-likeness (QED) is 0.131. The number of likely N-dealkylation sites (tertiary alicyclic amines) is 1. The lowest BCUT2D eigenvalue weighted by Crippen LogP contribution is -2.51. The molecule has 2 aromatic heterocycles. The zero-order valence-electron chi connectivity index (χ0n) is 33.6. The summed E-state index contributed by atoms with van der Waals surface area (Å²) >= 11 is 6.54. The lowest BCUT2D eigenvalue weighted by Gasteiger charge is -2.39. The first kappa shape index (κ1) is 40.0. The average molecular weight is 804 g/mol. The second kappa shape index (κ2) is 17.2. The number of fused-ring (bicyclic) bond motifs is 2. The van der Waals surface area contributed by atoms with E-state index in [9.17, 15) is 19.5 Å². The molecule has 5 aromatic rings. The Morgan fingerprint density at radius 3 is 2.40 bits per heavy atom. The Bertz CT molecular complexity index is 2330. The summed E-state index contributed by atoms with van der Waals surface area (Å²) in [5.41, 5.74) is 3.74. The number of benzene rings is 3. The van der Waals surface area contributed by atoms with Crippen molar-refractivity contribution in [1.29, 1.82) is 0 Å². The molecule has 2 saturated heterocycles. The van der Waals surface area contributed by atoms with Crippen LogP contribution in [0.3, 0.4) is 0 Å². The number of piperidine rings is 2. The van der Waals surface area contributed by atoms with Crippen LogP contribution in [0.15, 0.2) is 83.9 Å². The van der Waals surface area contributed by atoms with Gasteiger partial charge in [-0.2, -0.15) is 0 Å². The lowest BCUT2D eigenvalue weighted by atomic mass is 9.88. The van der Waals surface area contributed by atoms with Crippen LogP contribution in [-0.2, 0) is 17.8 Å². The standard InChI is InChI=1S/C46H54ClN7O4/c1-51(2)35-16-21-52(22-17-35)36-13-15-38-41(27-36)49-30-54(45(38)57)29-46(58)18-23-53(24-19-46)44(56)34(25-31-7-4-3-5-8-31)9-6-20-48-43(55)33-12-14-37-39(47)28-40(32-10-11-32)50-42(37)26-33/h3-5,7-8,12-15,26-28,30,32,34-35,58H,6,9-11,16-25,29H2,1-2H3,(H,48,55)/t34-/m1/s1. The van der Waals surface area contributed by atoms with E-state index in [1.807, 2.05) is 65.6 Å². The largest absolute Gasteiger partial charge is 0.388 e. The Morgan fingerprint density at radius 1 is 0.931 bits per heavy atom. The van der Waals surface area contributed by atoms with E-state index in [1.165, 1.54) is 4.57 Å². The first-order valence-corrected chi connectivity index (χ1v) is 21.3. The highest BCUT2D eigenvalue weighted by Gasteiger charge is 2.36. The van der Waals surface area contributed by atoms with Gasteiger partial charge in [0.05, 0.1) is 39.9 Å². The van der Waals surface area contributed by atoms with Crippen molar-refractivity contribution < 1.29 is 14.7 Å². The third-order valence-corrected chi connectivity index (χ3v) is 12.9. The molecule has 0 unspecified atom stereocenters. The molecule has 304 valence electrons. The van der Waals surface area contributed by atoms with Gasteiger partial charge in [-0.15, -0.1) is 0 Å². The maximum absolute atomic E-state index is 14.1. The molecule has 8 rings (SSSR count). The molecule has 58 heavy (non-hydrogen) atoms. The van der Waals surface area contributed by atoms with E-state index >= 15 is 0 Å². The Kier molecular flexibility index (Phi) is 11.8. The van der Waals surface area contributed by atoms with E-state index in [-0.39, 0.29) is 29.8 Å². The molecule has 3 aliphatic rings. The number of carbonyl (C=O) groups is 2. The van der Waals surface area contributed by atoms with E-state index < -0.39 is 5.60 Å². The summed E-state index contributed by atoms with van der Waals surface area (Å²) in [5.74, 6) is 0.0404. The van der Waals surface area contributed by atoms with Gasteiger partial charge in [0.2, 0.25) is 5.91 Å². The molecule has 2 amide bonds. The summed E-state index contributed by atoms with van der Waals surface area (Å²) in [6, 6.07) is 23.8. The summed E-state index contributed by atoms with van der Waals surface area (Å²) in [7, 11) is 4.27. The molecule has 2 aliphatic heterocycles. The molecular formula is C46H54ClN7O4. The van der Waals surface area contributed by atoms with Crippen molar-refractivity contribution >= 4 is 50.9 Å². The van der Waals surface area contributed by atoms with Crippen molar-refractivity contribution in [3.63, 3.8) is 0 Å². The third-order valence-electron chi connectivity index (χ3n) is 12.6. The van der Waals surface area contributed by atoms with Crippen molar-refractivity contribution in [3.8, 4) is 0 Å². The Hall–Kier alpha value is -4.84. The number of aliphatic hydroxyl groups is 1. The van der Waals surface area contributed by atoms with E-state index in [0.29, 0.717) is 85.2 Å². The van der Waals surface area contributed by atoms with Gasteiger partial charge in [0.15, 0.2) is 0 Å². The third kappa shape index (κ3) is 9.07. The number of amides is 2. The number of anilines is 1. The van der Waals surface area contributed by atoms with Gasteiger partial charge in [-0.05, 0) is 114 Å². The van der Waals surface area contributed by atoms with Gasteiger partial charge in [0.25, 0.3) is 11.5 Å². The zero-order chi connectivity index (χ0) is 40.4. The molecule has 12 heteroatoms.